The molecule has 1 unspecified atom stereocenters. The first-order valence-corrected chi connectivity index (χ1v) is 5.67. The minimum Gasteiger partial charge on any atom is -0.323 e. The first kappa shape index (κ1) is 12.8. The molecule has 76 valence electrons. The molecule has 0 aliphatic carbocycles. The van der Waals surface area contributed by atoms with E-state index in [1.807, 2.05) is 11.8 Å². The number of hydrogen-bond donors (Lipinski definition) is 1. The fourth-order valence-corrected chi connectivity index (χ4v) is 1.95. The van der Waals surface area contributed by atoms with Crippen molar-refractivity contribution in [2.45, 2.75) is 26.8 Å². The van der Waals surface area contributed by atoms with Crippen molar-refractivity contribution in [3.05, 3.63) is 24.8 Å². The highest BCUT2D eigenvalue weighted by Crippen LogP contribution is 2.21. The molecule has 0 saturated heterocycles. The van der Waals surface area contributed by atoms with Crippen LogP contribution in [0, 0.1) is 5.41 Å². The quantitative estimate of drug-likeness (QED) is 0.689. The molecule has 2 N–H and O–H groups in total. The van der Waals surface area contributed by atoms with Crippen LogP contribution in [-0.2, 0) is 0 Å². The molecular formula is C11H21NS. The second-order valence-corrected chi connectivity index (χ2v) is 5.49. The molecule has 0 radical (unpaired) electrons. The van der Waals surface area contributed by atoms with Gasteiger partial charge < -0.3 is 5.73 Å². The molecule has 13 heavy (non-hydrogen) atoms. The molecule has 0 bridgehead atoms. The van der Waals surface area contributed by atoms with E-state index < -0.39 is 0 Å². The summed E-state index contributed by atoms with van der Waals surface area (Å²) in [6.07, 6.45) is 1.74. The van der Waals surface area contributed by atoms with Crippen LogP contribution in [0.3, 0.4) is 0 Å². The molecule has 0 aromatic carbocycles. The highest BCUT2D eigenvalue weighted by Gasteiger charge is 2.11. The Bertz CT molecular complexity index is 179. The fraction of sp³-hybridized carbons (Fsp3) is 0.636. The van der Waals surface area contributed by atoms with E-state index in [2.05, 4.69) is 33.9 Å². The Kier molecular flexibility index (Phi) is 5.42. The van der Waals surface area contributed by atoms with E-state index in [4.69, 9.17) is 5.73 Å². The van der Waals surface area contributed by atoms with E-state index in [-0.39, 0.29) is 6.04 Å². The SMILES string of the molecule is C=CC(=C)C(N)CSCC(C)(C)C. The van der Waals surface area contributed by atoms with Gasteiger partial charge in [-0.15, -0.1) is 0 Å². The third-order valence-corrected chi connectivity index (χ3v) is 3.24. The van der Waals surface area contributed by atoms with Crippen LogP contribution in [0.4, 0.5) is 0 Å². The first-order valence-electron chi connectivity index (χ1n) is 4.51. The maximum Gasteiger partial charge on any atom is 0.0380 e. The van der Waals surface area contributed by atoms with Gasteiger partial charge in [-0.1, -0.05) is 40.0 Å². The van der Waals surface area contributed by atoms with Crippen molar-refractivity contribution in [3.63, 3.8) is 0 Å². The van der Waals surface area contributed by atoms with Crippen LogP contribution in [0.5, 0.6) is 0 Å². The van der Waals surface area contributed by atoms with Crippen molar-refractivity contribution in [3.8, 4) is 0 Å². The molecule has 0 spiro atoms. The van der Waals surface area contributed by atoms with E-state index >= 15 is 0 Å². The van der Waals surface area contributed by atoms with Crippen molar-refractivity contribution >= 4 is 11.8 Å². The zero-order valence-corrected chi connectivity index (χ0v) is 9.79. The summed E-state index contributed by atoms with van der Waals surface area (Å²) in [7, 11) is 0. The second kappa shape index (κ2) is 5.51. The van der Waals surface area contributed by atoms with Gasteiger partial charge in [0, 0.05) is 11.8 Å². The molecule has 0 saturated carbocycles. The molecule has 0 aromatic heterocycles. The molecule has 0 aliphatic heterocycles. The molecule has 0 fully saturated rings. The summed E-state index contributed by atoms with van der Waals surface area (Å²) in [5, 5.41) is 0. The molecule has 0 aromatic rings. The molecule has 1 atom stereocenters. The van der Waals surface area contributed by atoms with Crippen LogP contribution in [0.25, 0.3) is 0 Å². The van der Waals surface area contributed by atoms with Crippen LogP contribution in [0.1, 0.15) is 20.8 Å². The zero-order valence-electron chi connectivity index (χ0n) is 8.97. The lowest BCUT2D eigenvalue weighted by Crippen LogP contribution is -2.25. The third-order valence-electron chi connectivity index (χ3n) is 1.57. The smallest absolute Gasteiger partial charge is 0.0380 e. The Morgan fingerprint density at radius 3 is 2.46 bits per heavy atom. The maximum absolute atomic E-state index is 5.87. The number of rotatable bonds is 5. The van der Waals surface area contributed by atoms with Gasteiger partial charge in [0.05, 0.1) is 0 Å². The van der Waals surface area contributed by atoms with Gasteiger partial charge in [-0.25, -0.2) is 0 Å². The van der Waals surface area contributed by atoms with Gasteiger partial charge in [0.1, 0.15) is 0 Å². The third kappa shape index (κ3) is 6.91. The van der Waals surface area contributed by atoms with Crippen LogP contribution < -0.4 is 5.73 Å². The Balaban J connectivity index is 3.65. The molecule has 0 heterocycles. The summed E-state index contributed by atoms with van der Waals surface area (Å²) >= 11 is 1.88. The van der Waals surface area contributed by atoms with E-state index in [0.29, 0.717) is 5.41 Å². The van der Waals surface area contributed by atoms with Gasteiger partial charge in [-0.2, -0.15) is 11.8 Å². The van der Waals surface area contributed by atoms with Gasteiger partial charge >= 0.3 is 0 Å². The normalized spacial score (nSPS) is 13.8. The Morgan fingerprint density at radius 2 is 2.08 bits per heavy atom. The average molecular weight is 199 g/mol. The monoisotopic (exact) mass is 199 g/mol. The average Bonchev–Trinajstić information content (AvgIpc) is 2.00. The largest absolute Gasteiger partial charge is 0.323 e. The van der Waals surface area contributed by atoms with E-state index in [1.165, 1.54) is 0 Å². The van der Waals surface area contributed by atoms with E-state index in [0.717, 1.165) is 17.1 Å². The van der Waals surface area contributed by atoms with Crippen molar-refractivity contribution in [1.29, 1.82) is 0 Å². The lowest BCUT2D eigenvalue weighted by Gasteiger charge is -2.19. The molecule has 0 rings (SSSR count). The minimum atomic E-state index is 0.0600. The topological polar surface area (TPSA) is 26.0 Å². The van der Waals surface area contributed by atoms with Gasteiger partial charge in [0.2, 0.25) is 0 Å². The summed E-state index contributed by atoms with van der Waals surface area (Å²) < 4.78 is 0. The lowest BCUT2D eigenvalue weighted by molar-refractivity contribution is 0.480. The number of hydrogen-bond acceptors (Lipinski definition) is 2. The molecule has 1 nitrogen and oxygen atoms in total. The van der Waals surface area contributed by atoms with Gasteiger partial charge in [0.15, 0.2) is 0 Å². The maximum atomic E-state index is 5.87. The summed E-state index contributed by atoms with van der Waals surface area (Å²) in [6.45, 7) is 14.2. The standard InChI is InChI=1S/C11H21NS/c1-6-9(2)10(12)7-13-8-11(3,4)5/h6,10H,1-2,7-8,12H2,3-5H3. The molecular weight excluding hydrogens is 178 g/mol. The van der Waals surface area contributed by atoms with Crippen LogP contribution in [-0.4, -0.2) is 17.5 Å². The van der Waals surface area contributed by atoms with Crippen molar-refractivity contribution in [1.82, 2.24) is 0 Å². The summed E-state index contributed by atoms with van der Waals surface area (Å²) in [6, 6.07) is 0.0600. The van der Waals surface area contributed by atoms with Crippen LogP contribution in [0.15, 0.2) is 24.8 Å². The summed E-state index contributed by atoms with van der Waals surface area (Å²) in [5.74, 6) is 2.06. The molecule has 2 heteroatoms. The Hall–Kier alpha value is -0.210. The van der Waals surface area contributed by atoms with Crippen LogP contribution >= 0.6 is 11.8 Å². The Labute approximate surface area is 86.5 Å². The van der Waals surface area contributed by atoms with E-state index in [9.17, 15) is 0 Å². The first-order chi connectivity index (χ1) is 5.87. The molecule has 0 aliphatic rings. The van der Waals surface area contributed by atoms with Crippen LogP contribution in [0.2, 0.25) is 0 Å². The summed E-state index contributed by atoms with van der Waals surface area (Å²) in [4.78, 5) is 0. The van der Waals surface area contributed by atoms with Crippen molar-refractivity contribution in [2.75, 3.05) is 11.5 Å². The summed E-state index contributed by atoms with van der Waals surface area (Å²) in [5.41, 5.74) is 7.17. The highest BCUT2D eigenvalue weighted by molar-refractivity contribution is 7.99. The highest BCUT2D eigenvalue weighted by atomic mass is 32.2. The molecule has 0 amide bonds. The predicted molar refractivity (Wildman–Crippen MR) is 64.1 cm³/mol. The van der Waals surface area contributed by atoms with Gasteiger partial charge in [-0.05, 0) is 16.7 Å². The lowest BCUT2D eigenvalue weighted by atomic mass is 10.0. The fourth-order valence-electron chi connectivity index (χ4n) is 0.750. The van der Waals surface area contributed by atoms with Crippen molar-refractivity contribution in [2.24, 2.45) is 11.1 Å². The van der Waals surface area contributed by atoms with E-state index in [1.54, 1.807) is 6.08 Å². The second-order valence-electron chi connectivity index (χ2n) is 4.46. The number of thioether (sulfide) groups is 1. The van der Waals surface area contributed by atoms with Gasteiger partial charge in [-0.3, -0.25) is 0 Å². The Morgan fingerprint density at radius 1 is 1.54 bits per heavy atom. The minimum absolute atomic E-state index is 0.0600. The number of nitrogens with two attached hydrogens (primary N) is 1. The van der Waals surface area contributed by atoms with Gasteiger partial charge in [0.25, 0.3) is 0 Å². The van der Waals surface area contributed by atoms with Crippen molar-refractivity contribution < 1.29 is 0 Å². The predicted octanol–water partition coefficient (Wildman–Crippen LogP) is 2.84. The zero-order chi connectivity index (χ0) is 10.5.